The summed E-state index contributed by atoms with van der Waals surface area (Å²) in [5.41, 5.74) is 1.04. The van der Waals surface area contributed by atoms with Gasteiger partial charge in [-0.1, -0.05) is 42.5 Å². The molecule has 0 saturated heterocycles. The molecule has 0 amide bonds. The fourth-order valence-corrected chi connectivity index (χ4v) is 3.60. The van der Waals surface area contributed by atoms with E-state index in [0.29, 0.717) is 0 Å². The van der Waals surface area contributed by atoms with Crippen LogP contribution in [0.1, 0.15) is 15.2 Å². The number of carbonyl (C=O) groups excluding carboxylic acids is 1. The molecule has 3 rings (SSSR count). The molecule has 0 bridgehead atoms. The van der Waals surface area contributed by atoms with Crippen molar-refractivity contribution < 1.29 is 4.79 Å². The van der Waals surface area contributed by atoms with Crippen molar-refractivity contribution in [3.8, 4) is 9.75 Å². The van der Waals surface area contributed by atoms with E-state index in [0.717, 1.165) is 15.3 Å². The molecule has 0 fully saturated rings. The van der Waals surface area contributed by atoms with Gasteiger partial charge in [0.2, 0.25) is 0 Å². The van der Waals surface area contributed by atoms with E-state index in [1.807, 2.05) is 60.0 Å². The lowest BCUT2D eigenvalue weighted by Gasteiger charge is -1.92. The molecule has 0 radical (unpaired) electrons. The predicted molar refractivity (Wildman–Crippen MR) is 87.4 cm³/mol. The molecule has 98 valence electrons. The summed E-state index contributed by atoms with van der Waals surface area (Å²) >= 11 is 3.24. The fraction of sp³-hybridized carbons (Fsp3) is 0. The summed E-state index contributed by atoms with van der Waals surface area (Å²) in [7, 11) is 0. The molecule has 0 N–H and O–H groups in total. The number of hydrogen-bond donors (Lipinski definition) is 0. The average Bonchev–Trinajstić information content (AvgIpc) is 3.16. The standard InChI is InChI=1S/C17H12OS2/c18-14(9-8-13-5-2-1-3-6-13)15-10-11-17(20-15)16-7-4-12-19-16/h1-12H. The smallest absolute Gasteiger partial charge is 0.195 e. The van der Waals surface area contributed by atoms with Gasteiger partial charge in [-0.2, -0.15) is 0 Å². The fourth-order valence-electron chi connectivity index (χ4n) is 1.84. The van der Waals surface area contributed by atoms with Crippen LogP contribution in [0.4, 0.5) is 0 Å². The second-order valence-corrected chi connectivity index (χ2v) is 6.28. The number of thiophene rings is 2. The Kier molecular flexibility index (Phi) is 3.90. The van der Waals surface area contributed by atoms with Gasteiger partial charge in [0.25, 0.3) is 0 Å². The van der Waals surface area contributed by atoms with Gasteiger partial charge in [0.05, 0.1) is 4.88 Å². The average molecular weight is 296 g/mol. The Balaban J connectivity index is 1.77. The van der Waals surface area contributed by atoms with Gasteiger partial charge in [-0.15, -0.1) is 22.7 Å². The van der Waals surface area contributed by atoms with E-state index in [1.54, 1.807) is 28.7 Å². The Morgan fingerprint density at radius 2 is 1.75 bits per heavy atom. The molecule has 1 aromatic carbocycles. The first kappa shape index (κ1) is 13.0. The zero-order valence-corrected chi connectivity index (χ0v) is 12.3. The number of carbonyl (C=O) groups is 1. The highest BCUT2D eigenvalue weighted by molar-refractivity contribution is 7.22. The second-order valence-electron chi connectivity index (χ2n) is 4.25. The van der Waals surface area contributed by atoms with Gasteiger partial charge in [-0.3, -0.25) is 4.79 Å². The number of hydrogen-bond acceptors (Lipinski definition) is 3. The van der Waals surface area contributed by atoms with Gasteiger partial charge in [0.15, 0.2) is 5.78 Å². The normalized spacial score (nSPS) is 11.0. The van der Waals surface area contributed by atoms with Crippen LogP contribution in [0.3, 0.4) is 0 Å². The maximum absolute atomic E-state index is 12.1. The molecule has 0 aliphatic rings. The maximum Gasteiger partial charge on any atom is 0.195 e. The molecule has 3 heteroatoms. The topological polar surface area (TPSA) is 17.1 Å². The zero-order valence-electron chi connectivity index (χ0n) is 10.7. The third-order valence-corrected chi connectivity index (χ3v) is 5.01. The van der Waals surface area contributed by atoms with Crippen LogP contribution >= 0.6 is 22.7 Å². The zero-order chi connectivity index (χ0) is 13.8. The van der Waals surface area contributed by atoms with E-state index in [2.05, 4.69) is 6.07 Å². The SMILES string of the molecule is O=C(C=Cc1ccccc1)c1ccc(-c2cccs2)s1. The van der Waals surface area contributed by atoms with Crippen LogP contribution in [-0.4, -0.2) is 5.78 Å². The molecule has 0 atom stereocenters. The van der Waals surface area contributed by atoms with Crippen LogP contribution in [0, 0.1) is 0 Å². The lowest BCUT2D eigenvalue weighted by molar-refractivity contribution is 0.105. The largest absolute Gasteiger partial charge is 0.288 e. The molecule has 1 nitrogen and oxygen atoms in total. The molecular formula is C17H12OS2. The van der Waals surface area contributed by atoms with Crippen molar-refractivity contribution in [2.24, 2.45) is 0 Å². The van der Waals surface area contributed by atoms with Crippen molar-refractivity contribution in [3.05, 3.63) is 76.5 Å². The summed E-state index contributed by atoms with van der Waals surface area (Å²) in [5.74, 6) is 0.0571. The minimum absolute atomic E-state index is 0.0571. The summed E-state index contributed by atoms with van der Waals surface area (Å²) in [5, 5.41) is 2.05. The number of benzene rings is 1. The molecule has 2 heterocycles. The maximum atomic E-state index is 12.1. The Morgan fingerprint density at radius 1 is 0.900 bits per heavy atom. The first-order chi connectivity index (χ1) is 9.83. The first-order valence-corrected chi connectivity index (χ1v) is 7.94. The van der Waals surface area contributed by atoms with Gasteiger partial charge in [0.1, 0.15) is 0 Å². The molecule has 0 aliphatic heterocycles. The summed E-state index contributed by atoms with van der Waals surface area (Å²) in [4.78, 5) is 15.3. The highest BCUT2D eigenvalue weighted by Crippen LogP contribution is 2.31. The van der Waals surface area contributed by atoms with Gasteiger partial charge in [-0.25, -0.2) is 0 Å². The van der Waals surface area contributed by atoms with Crippen molar-refractivity contribution in [3.63, 3.8) is 0 Å². The first-order valence-electron chi connectivity index (χ1n) is 6.24. The van der Waals surface area contributed by atoms with Crippen molar-refractivity contribution in [1.29, 1.82) is 0 Å². The van der Waals surface area contributed by atoms with Gasteiger partial charge < -0.3 is 0 Å². The van der Waals surface area contributed by atoms with Crippen LogP contribution in [0.2, 0.25) is 0 Å². The van der Waals surface area contributed by atoms with E-state index in [4.69, 9.17) is 0 Å². The second kappa shape index (κ2) is 5.99. The molecule has 2 aromatic heterocycles. The minimum atomic E-state index is 0.0571. The van der Waals surface area contributed by atoms with Gasteiger partial charge in [0, 0.05) is 9.75 Å². The van der Waals surface area contributed by atoms with Crippen LogP contribution < -0.4 is 0 Å². The van der Waals surface area contributed by atoms with E-state index in [-0.39, 0.29) is 5.78 Å². The third-order valence-electron chi connectivity index (χ3n) is 2.84. The lowest BCUT2D eigenvalue weighted by Crippen LogP contribution is -1.88. The van der Waals surface area contributed by atoms with Crippen LogP contribution in [-0.2, 0) is 0 Å². The van der Waals surface area contributed by atoms with E-state index in [1.165, 1.54) is 4.88 Å². The summed E-state index contributed by atoms with van der Waals surface area (Å²) < 4.78 is 0. The Morgan fingerprint density at radius 3 is 2.50 bits per heavy atom. The van der Waals surface area contributed by atoms with E-state index >= 15 is 0 Å². The highest BCUT2D eigenvalue weighted by Gasteiger charge is 2.08. The molecular weight excluding hydrogens is 284 g/mol. The Hall–Kier alpha value is -1.97. The molecule has 0 aliphatic carbocycles. The summed E-state index contributed by atoms with van der Waals surface area (Å²) in [6.45, 7) is 0. The number of rotatable bonds is 4. The summed E-state index contributed by atoms with van der Waals surface area (Å²) in [6.07, 6.45) is 3.49. The number of allylic oxidation sites excluding steroid dienone is 1. The molecule has 0 spiro atoms. The van der Waals surface area contributed by atoms with Crippen LogP contribution in [0.25, 0.3) is 15.8 Å². The monoisotopic (exact) mass is 296 g/mol. The third kappa shape index (κ3) is 2.95. The molecule has 0 saturated carbocycles. The Bertz CT molecular complexity index is 721. The van der Waals surface area contributed by atoms with Crippen LogP contribution in [0.5, 0.6) is 0 Å². The van der Waals surface area contributed by atoms with E-state index in [9.17, 15) is 4.79 Å². The van der Waals surface area contributed by atoms with Crippen molar-refractivity contribution in [2.45, 2.75) is 0 Å². The minimum Gasteiger partial charge on any atom is -0.288 e. The van der Waals surface area contributed by atoms with E-state index < -0.39 is 0 Å². The predicted octanol–water partition coefficient (Wildman–Crippen LogP) is 5.37. The quantitative estimate of drug-likeness (QED) is 0.467. The highest BCUT2D eigenvalue weighted by atomic mass is 32.1. The van der Waals surface area contributed by atoms with Crippen molar-refractivity contribution in [2.75, 3.05) is 0 Å². The number of ketones is 1. The van der Waals surface area contributed by atoms with Gasteiger partial charge >= 0.3 is 0 Å². The molecule has 3 aromatic rings. The molecule has 0 unspecified atom stereocenters. The van der Waals surface area contributed by atoms with Crippen LogP contribution in [0.15, 0.2) is 66.1 Å². The Labute approximate surface area is 125 Å². The van der Waals surface area contributed by atoms with Crippen molar-refractivity contribution >= 4 is 34.5 Å². The van der Waals surface area contributed by atoms with Gasteiger partial charge in [-0.05, 0) is 35.2 Å². The lowest BCUT2D eigenvalue weighted by atomic mass is 10.2. The van der Waals surface area contributed by atoms with Crippen molar-refractivity contribution in [1.82, 2.24) is 0 Å². The molecule has 20 heavy (non-hydrogen) atoms. The summed E-state index contributed by atoms with van der Waals surface area (Å²) in [6, 6.07) is 17.9.